The molecule has 0 radical (unpaired) electrons. The van der Waals surface area contributed by atoms with E-state index in [4.69, 9.17) is 15.9 Å². The van der Waals surface area contributed by atoms with Crippen LogP contribution >= 0.6 is 0 Å². The lowest BCUT2D eigenvalue weighted by molar-refractivity contribution is -0.143. The monoisotopic (exact) mass is 339 g/mol. The third-order valence-corrected chi connectivity index (χ3v) is 3.73. The smallest absolute Gasteiger partial charge is 0.306 e. The lowest BCUT2D eigenvalue weighted by Gasteiger charge is -2.12. The second-order valence-electron chi connectivity index (χ2n) is 5.43. The molecule has 0 spiro atoms. The summed E-state index contributed by atoms with van der Waals surface area (Å²) in [5.41, 5.74) is 9.44. The van der Waals surface area contributed by atoms with Crippen LogP contribution in [0.4, 0.5) is 5.69 Å². The van der Waals surface area contributed by atoms with Crippen LogP contribution in [-0.4, -0.2) is 24.8 Å². The molecule has 25 heavy (non-hydrogen) atoms. The zero-order valence-electron chi connectivity index (χ0n) is 14.0. The number of nitrogens with two attached hydrogens (primary N) is 1. The van der Waals surface area contributed by atoms with E-state index in [2.05, 4.69) is 5.32 Å². The van der Waals surface area contributed by atoms with Crippen LogP contribution in [0.5, 0.6) is 0 Å². The first kappa shape index (κ1) is 18.2. The molecule has 6 heteroatoms. The molecule has 0 heterocycles. The highest BCUT2D eigenvalue weighted by atomic mass is 16.5. The van der Waals surface area contributed by atoms with Crippen molar-refractivity contribution in [2.24, 2.45) is 5.73 Å². The van der Waals surface area contributed by atoms with Crippen LogP contribution in [0.3, 0.4) is 0 Å². The molecule has 2 rings (SSSR count). The van der Waals surface area contributed by atoms with E-state index in [1.54, 1.807) is 13.0 Å². The highest BCUT2D eigenvalue weighted by Crippen LogP contribution is 2.27. The Hall–Kier alpha value is -3.15. The molecule has 0 unspecified atom stereocenters. The normalized spacial score (nSPS) is 10.1. The first-order chi connectivity index (χ1) is 12.0. The zero-order valence-corrected chi connectivity index (χ0v) is 14.0. The summed E-state index contributed by atoms with van der Waals surface area (Å²) >= 11 is 0. The second-order valence-corrected chi connectivity index (χ2v) is 5.43. The number of esters is 1. The highest BCUT2D eigenvalue weighted by molar-refractivity contribution is 5.96. The maximum atomic E-state index is 11.5. The number of aryl methyl sites for hydroxylation is 1. The van der Waals surface area contributed by atoms with Crippen LogP contribution in [-0.2, 0) is 20.7 Å². The van der Waals surface area contributed by atoms with Gasteiger partial charge < -0.3 is 15.8 Å². The molecule has 0 aliphatic rings. The molecular weight excluding hydrogens is 318 g/mol. The predicted octanol–water partition coefficient (Wildman–Crippen LogP) is 2.70. The maximum absolute atomic E-state index is 11.5. The Balaban J connectivity index is 2.28. The summed E-state index contributed by atoms with van der Waals surface area (Å²) in [5.74, 6) is -0.267. The Labute approximate surface area is 146 Å². The minimum Gasteiger partial charge on any atom is -0.466 e. The van der Waals surface area contributed by atoms with Gasteiger partial charge in [-0.1, -0.05) is 30.3 Å². The van der Waals surface area contributed by atoms with Crippen LogP contribution < -0.4 is 11.1 Å². The van der Waals surface area contributed by atoms with E-state index in [1.807, 2.05) is 36.4 Å². The molecule has 2 aromatic carbocycles. The average Bonchev–Trinajstić information content (AvgIpc) is 2.61. The third kappa shape index (κ3) is 4.91. The summed E-state index contributed by atoms with van der Waals surface area (Å²) in [6, 6.07) is 13.0. The van der Waals surface area contributed by atoms with Crippen molar-refractivity contribution in [1.29, 1.82) is 5.41 Å². The Morgan fingerprint density at radius 1 is 1.24 bits per heavy atom. The van der Waals surface area contributed by atoms with Crippen molar-refractivity contribution < 1.29 is 14.3 Å². The van der Waals surface area contributed by atoms with Gasteiger partial charge in [-0.2, -0.15) is 0 Å². The molecule has 130 valence electrons. The number of rotatable bonds is 8. The lowest BCUT2D eigenvalue weighted by Crippen LogP contribution is -2.10. The fourth-order valence-corrected chi connectivity index (χ4v) is 2.51. The molecular formula is C19H21N3O3. The van der Waals surface area contributed by atoms with E-state index < -0.39 is 0 Å². The maximum Gasteiger partial charge on any atom is 0.306 e. The van der Waals surface area contributed by atoms with E-state index in [9.17, 15) is 9.59 Å². The summed E-state index contributed by atoms with van der Waals surface area (Å²) in [5, 5.41) is 10.2. The van der Waals surface area contributed by atoms with Gasteiger partial charge in [0, 0.05) is 17.7 Å². The number of benzene rings is 2. The van der Waals surface area contributed by atoms with Gasteiger partial charge in [0.1, 0.15) is 5.84 Å². The lowest BCUT2D eigenvalue weighted by atomic mass is 9.98. The van der Waals surface area contributed by atoms with Gasteiger partial charge in [0.15, 0.2) is 0 Å². The molecule has 0 bridgehead atoms. The standard InChI is InChI=1S/C19H21N3O3/c1-2-25-18(24)9-8-13-6-7-15(11-17(13)22-12-23)14-4-3-5-16(10-14)19(20)21/h3-7,10-12H,2,8-9H2,1H3,(H3,20,21)(H,22,23). The Kier molecular flexibility index (Phi) is 6.28. The number of carbonyl (C=O) groups excluding carboxylic acids is 2. The molecule has 0 fully saturated rings. The molecule has 0 aliphatic carbocycles. The largest absolute Gasteiger partial charge is 0.466 e. The van der Waals surface area contributed by atoms with Crippen LogP contribution in [0.1, 0.15) is 24.5 Å². The van der Waals surface area contributed by atoms with E-state index in [1.165, 1.54) is 0 Å². The Bertz CT molecular complexity index is 787. The summed E-state index contributed by atoms with van der Waals surface area (Å²) in [4.78, 5) is 22.4. The highest BCUT2D eigenvalue weighted by Gasteiger charge is 2.09. The minimum absolute atomic E-state index is 0.000790. The summed E-state index contributed by atoms with van der Waals surface area (Å²) in [7, 11) is 0. The molecule has 2 aromatic rings. The van der Waals surface area contributed by atoms with Crippen LogP contribution in [0.15, 0.2) is 42.5 Å². The summed E-state index contributed by atoms with van der Waals surface area (Å²) in [6.45, 7) is 2.12. The van der Waals surface area contributed by atoms with Crippen molar-refractivity contribution in [2.45, 2.75) is 19.8 Å². The fourth-order valence-electron chi connectivity index (χ4n) is 2.51. The fraction of sp³-hybridized carbons (Fsp3) is 0.211. The molecule has 4 N–H and O–H groups in total. The van der Waals surface area contributed by atoms with Gasteiger partial charge in [-0.3, -0.25) is 15.0 Å². The van der Waals surface area contributed by atoms with E-state index in [0.29, 0.717) is 30.7 Å². The number of nitrogens with one attached hydrogen (secondary N) is 2. The first-order valence-electron chi connectivity index (χ1n) is 7.98. The molecule has 0 aromatic heterocycles. The third-order valence-electron chi connectivity index (χ3n) is 3.73. The topological polar surface area (TPSA) is 105 Å². The van der Waals surface area contributed by atoms with Crippen molar-refractivity contribution in [3.8, 4) is 11.1 Å². The second kappa shape index (κ2) is 8.63. The van der Waals surface area contributed by atoms with Gasteiger partial charge in [-0.05, 0) is 42.2 Å². The summed E-state index contributed by atoms with van der Waals surface area (Å²) in [6.07, 6.45) is 1.34. The van der Waals surface area contributed by atoms with Gasteiger partial charge in [-0.15, -0.1) is 0 Å². The molecule has 1 amide bonds. The quantitative estimate of drug-likeness (QED) is 0.297. The number of hydrogen-bond acceptors (Lipinski definition) is 4. The van der Waals surface area contributed by atoms with Gasteiger partial charge >= 0.3 is 5.97 Å². The van der Waals surface area contributed by atoms with Crippen LogP contribution in [0.25, 0.3) is 11.1 Å². The van der Waals surface area contributed by atoms with Gasteiger partial charge in [0.25, 0.3) is 0 Å². The zero-order chi connectivity index (χ0) is 18.2. The van der Waals surface area contributed by atoms with Crippen LogP contribution in [0, 0.1) is 5.41 Å². The molecule has 0 aliphatic heterocycles. The average molecular weight is 339 g/mol. The molecule has 6 nitrogen and oxygen atoms in total. The van der Waals surface area contributed by atoms with Gasteiger partial charge in [0.05, 0.1) is 6.61 Å². The number of amidine groups is 1. The van der Waals surface area contributed by atoms with Crippen molar-refractivity contribution in [2.75, 3.05) is 11.9 Å². The van der Waals surface area contributed by atoms with Crippen molar-refractivity contribution in [1.82, 2.24) is 0 Å². The van der Waals surface area contributed by atoms with Crippen molar-refractivity contribution in [3.05, 3.63) is 53.6 Å². The Morgan fingerprint density at radius 2 is 2.00 bits per heavy atom. The number of hydrogen-bond donors (Lipinski definition) is 3. The first-order valence-corrected chi connectivity index (χ1v) is 7.98. The SMILES string of the molecule is CCOC(=O)CCc1ccc(-c2cccc(C(=N)N)c2)cc1NC=O. The molecule has 0 saturated carbocycles. The number of nitrogen functional groups attached to an aromatic ring is 1. The number of carbonyl (C=O) groups is 2. The van der Waals surface area contributed by atoms with Gasteiger partial charge in [0.2, 0.25) is 6.41 Å². The number of anilines is 1. The summed E-state index contributed by atoms with van der Waals surface area (Å²) < 4.78 is 4.93. The number of ether oxygens (including phenoxy) is 1. The minimum atomic E-state index is -0.266. The van der Waals surface area contributed by atoms with Crippen molar-refractivity contribution in [3.63, 3.8) is 0 Å². The molecule has 0 saturated heterocycles. The van der Waals surface area contributed by atoms with E-state index in [-0.39, 0.29) is 18.2 Å². The van der Waals surface area contributed by atoms with E-state index in [0.717, 1.165) is 16.7 Å². The number of amides is 1. The van der Waals surface area contributed by atoms with Crippen molar-refractivity contribution >= 4 is 23.9 Å². The molecule has 0 atom stereocenters. The van der Waals surface area contributed by atoms with Gasteiger partial charge in [-0.25, -0.2) is 0 Å². The predicted molar refractivity (Wildman–Crippen MR) is 97.5 cm³/mol. The van der Waals surface area contributed by atoms with Crippen LogP contribution in [0.2, 0.25) is 0 Å². The van der Waals surface area contributed by atoms with E-state index >= 15 is 0 Å². The Morgan fingerprint density at radius 3 is 2.68 bits per heavy atom.